The number of hydrogen-bond acceptors (Lipinski definition) is 9. The molecule has 12 heteroatoms. The van der Waals surface area contributed by atoms with Crippen molar-refractivity contribution in [1.29, 1.82) is 0 Å². The fourth-order valence-electron chi connectivity index (χ4n) is 4.55. The molecule has 0 saturated carbocycles. The van der Waals surface area contributed by atoms with Gasteiger partial charge in [0.25, 0.3) is 0 Å². The summed E-state index contributed by atoms with van der Waals surface area (Å²) in [6.07, 6.45) is -3.36. The number of thiocarbonyl (C=S) groups is 1. The number of carbonyl (C=O) groups excluding carboxylic acids is 2. The molecule has 5 N–H and O–H groups in total. The first-order chi connectivity index (χ1) is 17.1. The lowest BCUT2D eigenvalue weighted by atomic mass is 10.1. The lowest BCUT2D eigenvalue weighted by Crippen LogP contribution is -2.52. The minimum atomic E-state index is -1.00. The molecule has 0 bridgehead atoms. The maximum Gasteiger partial charge on any atom is 0.341 e. The van der Waals surface area contributed by atoms with Gasteiger partial charge in [-0.15, -0.1) is 0 Å². The van der Waals surface area contributed by atoms with Crippen LogP contribution in [0.1, 0.15) is 69.7 Å². The number of esters is 1. The summed E-state index contributed by atoms with van der Waals surface area (Å²) >= 11 is 5.40. The van der Waals surface area contributed by atoms with Crippen LogP contribution >= 0.6 is 12.2 Å². The van der Waals surface area contributed by atoms with E-state index in [1.54, 1.807) is 26.8 Å². The maximum absolute atomic E-state index is 12.1. The van der Waals surface area contributed by atoms with Gasteiger partial charge in [0.05, 0.1) is 31.9 Å². The second kappa shape index (κ2) is 10.7. The van der Waals surface area contributed by atoms with Crippen LogP contribution in [-0.2, 0) is 14.2 Å². The molecule has 0 aromatic carbocycles. The number of aromatic amines is 1. The molecule has 2 aromatic rings. The van der Waals surface area contributed by atoms with Gasteiger partial charge in [0.1, 0.15) is 41.5 Å². The molecule has 0 unspecified atom stereocenters. The van der Waals surface area contributed by atoms with E-state index >= 15 is 0 Å². The largest absolute Gasteiger partial charge is 0.463 e. The molecule has 6 atom stereocenters. The van der Waals surface area contributed by atoms with Gasteiger partial charge >= 0.3 is 5.97 Å². The number of furan rings is 1. The number of Topliss-reactive ketones (excluding diaryl/α,β-unsaturated/α-hetero) is 1. The molecule has 4 rings (SSSR count). The van der Waals surface area contributed by atoms with Gasteiger partial charge in [-0.1, -0.05) is 0 Å². The van der Waals surface area contributed by atoms with Crippen LogP contribution in [-0.4, -0.2) is 76.2 Å². The zero-order valence-corrected chi connectivity index (χ0v) is 21.3. The number of aryl methyl sites for hydroxylation is 2. The quantitative estimate of drug-likeness (QED) is 0.204. The van der Waals surface area contributed by atoms with Crippen molar-refractivity contribution in [3.05, 3.63) is 46.2 Å². The molecule has 2 aliphatic heterocycles. The second-order valence-electron chi connectivity index (χ2n) is 8.98. The highest BCUT2D eigenvalue weighted by Gasteiger charge is 2.42. The Morgan fingerprint density at radius 3 is 2.28 bits per heavy atom. The van der Waals surface area contributed by atoms with Crippen LogP contribution < -0.4 is 10.6 Å². The number of aromatic nitrogens is 1. The first-order valence-electron chi connectivity index (χ1n) is 11.7. The van der Waals surface area contributed by atoms with E-state index in [0.29, 0.717) is 28.5 Å². The molecule has 11 nitrogen and oxygen atoms in total. The van der Waals surface area contributed by atoms with E-state index in [9.17, 15) is 19.8 Å². The number of ether oxygens (including phenoxy) is 3. The van der Waals surface area contributed by atoms with Crippen LogP contribution in [0.2, 0.25) is 0 Å². The molecule has 0 amide bonds. The van der Waals surface area contributed by atoms with E-state index in [-0.39, 0.29) is 36.3 Å². The third-order valence-electron chi connectivity index (χ3n) is 6.42. The fourth-order valence-corrected chi connectivity index (χ4v) is 4.85. The fraction of sp³-hybridized carbons (Fsp3) is 0.542. The Kier molecular flexibility index (Phi) is 7.81. The molecule has 2 aliphatic rings. The molecule has 2 aromatic heterocycles. The predicted molar refractivity (Wildman–Crippen MR) is 131 cm³/mol. The number of rotatable bonds is 7. The van der Waals surface area contributed by atoms with Crippen molar-refractivity contribution >= 4 is 29.1 Å². The standard InChI is InChI=1S/C24H31N3O8S/c1-5-32-23(31)14-7-18(35-12(14)4)22-20(30)17(9-34-22)27-24(36)26-16-8-33-21(19(16)29)15-6-13(11(3)28)10(2)25-15/h6-7,16-17,19-22,25,29-30H,5,8-9H2,1-4H3,(H2,26,27,36)/t16-,17-,19+,20+,21-,22-/m0/s1. The molecule has 2 saturated heterocycles. The average Bonchev–Trinajstić information content (AvgIpc) is 3.56. The molecule has 0 radical (unpaired) electrons. The van der Waals surface area contributed by atoms with Gasteiger partial charge in [-0.2, -0.15) is 0 Å². The van der Waals surface area contributed by atoms with E-state index in [2.05, 4.69) is 15.6 Å². The van der Waals surface area contributed by atoms with Crippen LogP contribution in [0.15, 0.2) is 16.5 Å². The van der Waals surface area contributed by atoms with Crippen molar-refractivity contribution in [3.63, 3.8) is 0 Å². The minimum absolute atomic E-state index is 0.0694. The van der Waals surface area contributed by atoms with Gasteiger partial charge in [-0.05, 0) is 52.0 Å². The Bertz CT molecular complexity index is 1140. The summed E-state index contributed by atoms with van der Waals surface area (Å²) in [6.45, 7) is 7.21. The highest BCUT2D eigenvalue weighted by molar-refractivity contribution is 7.80. The van der Waals surface area contributed by atoms with Gasteiger partial charge in [0.2, 0.25) is 0 Å². The van der Waals surface area contributed by atoms with Crippen molar-refractivity contribution in [2.75, 3.05) is 19.8 Å². The SMILES string of the molecule is CCOC(=O)c1cc([C@@H]2OC[C@H](NC(=S)N[C@H]3CO[C@@H](c4cc(C(C)=O)c(C)[nH]4)[C@@H]3O)[C@H]2O)oc1C. The zero-order valence-electron chi connectivity index (χ0n) is 20.5. The van der Waals surface area contributed by atoms with Gasteiger partial charge in [0, 0.05) is 17.0 Å². The van der Waals surface area contributed by atoms with E-state index < -0.39 is 42.5 Å². The number of carbonyl (C=O) groups is 2. The summed E-state index contributed by atoms with van der Waals surface area (Å²) in [6, 6.07) is 2.16. The molecular formula is C24H31N3O8S. The van der Waals surface area contributed by atoms with Crippen LogP contribution in [0.4, 0.5) is 0 Å². The second-order valence-corrected chi connectivity index (χ2v) is 9.39. The topological polar surface area (TPSA) is 155 Å². The molecule has 0 spiro atoms. The Morgan fingerprint density at radius 2 is 1.69 bits per heavy atom. The Labute approximate surface area is 213 Å². The minimum Gasteiger partial charge on any atom is -0.463 e. The summed E-state index contributed by atoms with van der Waals surface area (Å²) in [5.41, 5.74) is 2.17. The number of aliphatic hydroxyl groups is 2. The smallest absolute Gasteiger partial charge is 0.341 e. The van der Waals surface area contributed by atoms with Gasteiger partial charge in [-0.3, -0.25) is 4.79 Å². The Morgan fingerprint density at radius 1 is 1.08 bits per heavy atom. The Hall–Kier alpha value is -2.77. The van der Waals surface area contributed by atoms with Crippen LogP contribution in [0.5, 0.6) is 0 Å². The van der Waals surface area contributed by atoms with E-state index in [0.717, 1.165) is 0 Å². The number of H-pyrrole nitrogens is 1. The summed E-state index contributed by atoms with van der Waals surface area (Å²) in [4.78, 5) is 26.9. The van der Waals surface area contributed by atoms with Gasteiger partial charge < -0.3 is 44.5 Å². The molecule has 2 fully saturated rings. The van der Waals surface area contributed by atoms with E-state index in [1.807, 2.05) is 0 Å². The van der Waals surface area contributed by atoms with Crippen LogP contribution in [0, 0.1) is 13.8 Å². The first-order valence-corrected chi connectivity index (χ1v) is 12.2. The summed E-state index contributed by atoms with van der Waals surface area (Å²) in [5.74, 6) is 0.130. The summed E-state index contributed by atoms with van der Waals surface area (Å²) in [7, 11) is 0. The van der Waals surface area contributed by atoms with Crippen molar-refractivity contribution in [1.82, 2.24) is 15.6 Å². The van der Waals surface area contributed by atoms with Gasteiger partial charge in [0.15, 0.2) is 10.9 Å². The number of nitrogens with one attached hydrogen (secondary N) is 3. The van der Waals surface area contributed by atoms with E-state index in [1.165, 1.54) is 13.0 Å². The normalized spacial score (nSPS) is 27.7. The summed E-state index contributed by atoms with van der Waals surface area (Å²) in [5, 5.41) is 27.9. The maximum atomic E-state index is 12.1. The average molecular weight is 522 g/mol. The number of aliphatic hydroxyl groups excluding tert-OH is 2. The predicted octanol–water partition coefficient (Wildman–Crippen LogP) is 1.37. The third-order valence-corrected chi connectivity index (χ3v) is 6.66. The monoisotopic (exact) mass is 521 g/mol. The lowest BCUT2D eigenvalue weighted by Gasteiger charge is -2.23. The van der Waals surface area contributed by atoms with Gasteiger partial charge in [-0.25, -0.2) is 4.79 Å². The number of hydrogen-bond donors (Lipinski definition) is 5. The van der Waals surface area contributed by atoms with Crippen molar-refractivity contribution < 1.29 is 38.4 Å². The molecule has 4 heterocycles. The van der Waals surface area contributed by atoms with Crippen LogP contribution in [0.25, 0.3) is 0 Å². The lowest BCUT2D eigenvalue weighted by molar-refractivity contribution is 0.0254. The molecular weight excluding hydrogens is 490 g/mol. The van der Waals surface area contributed by atoms with Crippen molar-refractivity contribution in [2.24, 2.45) is 0 Å². The van der Waals surface area contributed by atoms with Crippen LogP contribution in [0.3, 0.4) is 0 Å². The molecule has 0 aliphatic carbocycles. The molecule has 196 valence electrons. The summed E-state index contributed by atoms with van der Waals surface area (Å²) < 4.78 is 22.2. The highest BCUT2D eigenvalue weighted by atomic mass is 32.1. The van der Waals surface area contributed by atoms with E-state index in [4.69, 9.17) is 30.8 Å². The zero-order chi connectivity index (χ0) is 26.1. The molecule has 36 heavy (non-hydrogen) atoms. The first kappa shape index (κ1) is 26.3. The Balaban J connectivity index is 1.33. The third kappa shape index (κ3) is 5.18. The highest BCUT2D eigenvalue weighted by Crippen LogP contribution is 2.33. The van der Waals surface area contributed by atoms with Crippen molar-refractivity contribution in [3.8, 4) is 0 Å². The van der Waals surface area contributed by atoms with Crippen molar-refractivity contribution in [2.45, 2.75) is 64.2 Å². The number of ketones is 1.